The number of nitrogens with zero attached hydrogens (tertiary/aromatic N) is 3. The number of rotatable bonds is 5. The molecule has 0 radical (unpaired) electrons. The van der Waals surface area contributed by atoms with Gasteiger partial charge in [0.25, 0.3) is 5.91 Å². The number of ether oxygens (including phenoxy) is 1. The molecule has 1 aromatic heterocycles. The maximum absolute atomic E-state index is 13.8. The molecule has 1 aliphatic heterocycles. The highest BCUT2D eigenvalue weighted by molar-refractivity contribution is 6.00. The van der Waals surface area contributed by atoms with Gasteiger partial charge in [0.05, 0.1) is 31.0 Å². The van der Waals surface area contributed by atoms with Crippen LogP contribution in [0.3, 0.4) is 0 Å². The summed E-state index contributed by atoms with van der Waals surface area (Å²) in [5.41, 5.74) is 2.77. The summed E-state index contributed by atoms with van der Waals surface area (Å²) in [6.07, 6.45) is 7.63. The molecule has 2 aromatic rings. The average Bonchev–Trinajstić information content (AvgIpc) is 2.79. The van der Waals surface area contributed by atoms with Crippen LogP contribution in [-0.2, 0) is 11.3 Å². The molecule has 0 bridgehead atoms. The van der Waals surface area contributed by atoms with E-state index in [1.54, 1.807) is 6.20 Å². The Kier molecular flexibility index (Phi) is 6.22. The van der Waals surface area contributed by atoms with Crippen molar-refractivity contribution in [2.24, 2.45) is 0 Å². The van der Waals surface area contributed by atoms with Gasteiger partial charge in [-0.3, -0.25) is 9.78 Å². The average molecular weight is 380 g/mol. The molecule has 0 atom stereocenters. The van der Waals surface area contributed by atoms with Gasteiger partial charge >= 0.3 is 0 Å². The van der Waals surface area contributed by atoms with E-state index in [-0.39, 0.29) is 5.91 Å². The maximum atomic E-state index is 13.8. The SMILES string of the molecule is O=C(c1ccccc1N1CCOCC1)N(Cc1ccccn1)C1CCCCC1. The molecule has 0 spiro atoms. The summed E-state index contributed by atoms with van der Waals surface area (Å²) in [5, 5.41) is 0. The van der Waals surface area contributed by atoms with Crippen molar-refractivity contribution in [3.05, 3.63) is 59.9 Å². The van der Waals surface area contributed by atoms with Crippen molar-refractivity contribution in [1.82, 2.24) is 9.88 Å². The van der Waals surface area contributed by atoms with Crippen LogP contribution in [0.5, 0.6) is 0 Å². The summed E-state index contributed by atoms with van der Waals surface area (Å²) >= 11 is 0. The summed E-state index contributed by atoms with van der Waals surface area (Å²) in [6.45, 7) is 3.65. The van der Waals surface area contributed by atoms with Crippen LogP contribution >= 0.6 is 0 Å². The van der Waals surface area contributed by atoms with Crippen LogP contribution in [0, 0.1) is 0 Å². The van der Waals surface area contributed by atoms with Crippen LogP contribution in [0.2, 0.25) is 0 Å². The Hall–Kier alpha value is -2.40. The third-order valence-corrected chi connectivity index (χ3v) is 5.82. The van der Waals surface area contributed by atoms with Crippen LogP contribution in [0.1, 0.15) is 48.2 Å². The number of anilines is 1. The first-order chi connectivity index (χ1) is 13.8. The molecule has 1 aromatic carbocycles. The topological polar surface area (TPSA) is 45.7 Å². The highest BCUT2D eigenvalue weighted by atomic mass is 16.5. The van der Waals surface area contributed by atoms with Gasteiger partial charge in [-0.25, -0.2) is 0 Å². The predicted molar refractivity (Wildman–Crippen MR) is 110 cm³/mol. The van der Waals surface area contributed by atoms with E-state index in [0.717, 1.165) is 42.9 Å². The molecular weight excluding hydrogens is 350 g/mol. The number of benzene rings is 1. The van der Waals surface area contributed by atoms with E-state index in [2.05, 4.69) is 20.9 Å². The van der Waals surface area contributed by atoms with Gasteiger partial charge in [-0.2, -0.15) is 0 Å². The lowest BCUT2D eigenvalue weighted by Gasteiger charge is -2.36. The second-order valence-corrected chi connectivity index (χ2v) is 7.66. The third kappa shape index (κ3) is 4.36. The Morgan fingerprint density at radius 2 is 1.79 bits per heavy atom. The molecule has 4 rings (SSSR count). The lowest BCUT2D eigenvalue weighted by molar-refractivity contribution is 0.0610. The van der Waals surface area contributed by atoms with Gasteiger partial charge in [-0.05, 0) is 37.1 Å². The number of pyridine rings is 1. The highest BCUT2D eigenvalue weighted by Crippen LogP contribution is 2.29. The second kappa shape index (κ2) is 9.20. The smallest absolute Gasteiger partial charge is 0.256 e. The normalized spacial score (nSPS) is 18.1. The monoisotopic (exact) mass is 379 g/mol. The summed E-state index contributed by atoms with van der Waals surface area (Å²) in [4.78, 5) is 22.6. The number of carbonyl (C=O) groups excluding carboxylic acids is 1. The molecule has 1 saturated heterocycles. The van der Waals surface area contributed by atoms with Gasteiger partial charge in [0.2, 0.25) is 0 Å². The Bertz CT molecular complexity index is 768. The largest absolute Gasteiger partial charge is 0.378 e. The first-order valence-corrected chi connectivity index (χ1v) is 10.5. The molecule has 1 saturated carbocycles. The quantitative estimate of drug-likeness (QED) is 0.791. The predicted octanol–water partition coefficient (Wildman–Crippen LogP) is 3.89. The van der Waals surface area contributed by atoms with Gasteiger partial charge in [0.1, 0.15) is 0 Å². The van der Waals surface area contributed by atoms with Gasteiger partial charge in [-0.15, -0.1) is 0 Å². The van der Waals surface area contributed by atoms with E-state index in [1.807, 2.05) is 36.4 Å². The molecular formula is C23H29N3O2. The molecule has 0 N–H and O–H groups in total. The Morgan fingerprint density at radius 3 is 2.54 bits per heavy atom. The summed E-state index contributed by atoms with van der Waals surface area (Å²) in [5.74, 6) is 0.125. The molecule has 2 heterocycles. The zero-order valence-corrected chi connectivity index (χ0v) is 16.4. The van der Waals surface area contributed by atoms with Crippen molar-refractivity contribution in [2.45, 2.75) is 44.7 Å². The molecule has 5 nitrogen and oxygen atoms in total. The van der Waals surface area contributed by atoms with E-state index in [4.69, 9.17) is 4.74 Å². The van der Waals surface area contributed by atoms with Crippen LogP contribution in [0.15, 0.2) is 48.7 Å². The third-order valence-electron chi connectivity index (χ3n) is 5.82. The lowest BCUT2D eigenvalue weighted by Crippen LogP contribution is -2.42. The second-order valence-electron chi connectivity index (χ2n) is 7.66. The summed E-state index contributed by atoms with van der Waals surface area (Å²) < 4.78 is 5.50. The molecule has 0 unspecified atom stereocenters. The zero-order chi connectivity index (χ0) is 19.2. The minimum absolute atomic E-state index is 0.125. The Labute approximate surface area is 167 Å². The molecule has 2 fully saturated rings. The Morgan fingerprint density at radius 1 is 1.04 bits per heavy atom. The van der Waals surface area contributed by atoms with Crippen LogP contribution in [0.25, 0.3) is 0 Å². The number of carbonyl (C=O) groups is 1. The number of aromatic nitrogens is 1. The van der Waals surface area contributed by atoms with Gasteiger partial charge in [-0.1, -0.05) is 37.5 Å². The van der Waals surface area contributed by atoms with E-state index in [9.17, 15) is 4.79 Å². The number of amides is 1. The molecule has 148 valence electrons. The molecule has 5 heteroatoms. The van der Waals surface area contributed by atoms with Gasteiger partial charge < -0.3 is 14.5 Å². The van der Waals surface area contributed by atoms with Gasteiger partial charge in [0, 0.05) is 31.0 Å². The minimum atomic E-state index is 0.125. The van der Waals surface area contributed by atoms with Crippen molar-refractivity contribution in [2.75, 3.05) is 31.2 Å². The number of hydrogen-bond acceptors (Lipinski definition) is 4. The molecule has 1 aliphatic carbocycles. The highest BCUT2D eigenvalue weighted by Gasteiger charge is 2.29. The first kappa shape index (κ1) is 18.9. The van der Waals surface area contributed by atoms with E-state index in [1.165, 1.54) is 19.3 Å². The molecule has 28 heavy (non-hydrogen) atoms. The fraction of sp³-hybridized carbons (Fsp3) is 0.478. The Balaban J connectivity index is 1.63. The number of morpholine rings is 1. The summed E-state index contributed by atoms with van der Waals surface area (Å²) in [6, 6.07) is 14.2. The van der Waals surface area contributed by atoms with Crippen molar-refractivity contribution in [3.63, 3.8) is 0 Å². The van der Waals surface area contributed by atoms with E-state index >= 15 is 0 Å². The lowest BCUT2D eigenvalue weighted by atomic mass is 9.93. The van der Waals surface area contributed by atoms with Crippen molar-refractivity contribution >= 4 is 11.6 Å². The fourth-order valence-corrected chi connectivity index (χ4v) is 4.31. The zero-order valence-electron chi connectivity index (χ0n) is 16.4. The maximum Gasteiger partial charge on any atom is 0.256 e. The standard InChI is InChI=1S/C23H29N3O2/c27-23(21-11-4-5-12-22(21)25-14-16-28-17-15-25)26(20-9-2-1-3-10-20)18-19-8-6-7-13-24-19/h4-8,11-13,20H,1-3,9-10,14-18H2. The molecule has 2 aliphatic rings. The van der Waals surface area contributed by atoms with Crippen molar-refractivity contribution < 1.29 is 9.53 Å². The van der Waals surface area contributed by atoms with Crippen LogP contribution < -0.4 is 4.90 Å². The van der Waals surface area contributed by atoms with Gasteiger partial charge in [0.15, 0.2) is 0 Å². The van der Waals surface area contributed by atoms with Crippen molar-refractivity contribution in [1.29, 1.82) is 0 Å². The number of hydrogen-bond donors (Lipinski definition) is 0. The number of para-hydroxylation sites is 1. The van der Waals surface area contributed by atoms with E-state index in [0.29, 0.717) is 25.8 Å². The summed E-state index contributed by atoms with van der Waals surface area (Å²) in [7, 11) is 0. The van der Waals surface area contributed by atoms with Crippen LogP contribution in [-0.4, -0.2) is 48.1 Å². The first-order valence-electron chi connectivity index (χ1n) is 10.5. The minimum Gasteiger partial charge on any atom is -0.378 e. The van der Waals surface area contributed by atoms with E-state index < -0.39 is 0 Å². The van der Waals surface area contributed by atoms with Crippen LogP contribution in [0.4, 0.5) is 5.69 Å². The molecule has 1 amide bonds. The van der Waals surface area contributed by atoms with Crippen molar-refractivity contribution in [3.8, 4) is 0 Å². The fourth-order valence-electron chi connectivity index (χ4n) is 4.31.